The lowest BCUT2D eigenvalue weighted by molar-refractivity contribution is 0.522. The van der Waals surface area contributed by atoms with Crippen LogP contribution in [0.25, 0.3) is 11.0 Å². The van der Waals surface area contributed by atoms with Crippen molar-refractivity contribution in [2.75, 3.05) is 7.05 Å². The van der Waals surface area contributed by atoms with E-state index in [4.69, 9.17) is 4.42 Å². The predicted octanol–water partition coefficient (Wildman–Crippen LogP) is 3.59. The zero-order valence-corrected chi connectivity index (χ0v) is 10.5. The molecule has 1 N–H and O–H groups in total. The van der Waals surface area contributed by atoms with E-state index in [1.165, 1.54) is 29.4 Å². The van der Waals surface area contributed by atoms with Crippen molar-refractivity contribution in [1.29, 1.82) is 0 Å². The van der Waals surface area contributed by atoms with Crippen LogP contribution >= 0.6 is 0 Å². The van der Waals surface area contributed by atoms with Crippen molar-refractivity contribution in [2.45, 2.75) is 38.6 Å². The van der Waals surface area contributed by atoms with Gasteiger partial charge >= 0.3 is 0 Å². The maximum atomic E-state index is 6.10. The van der Waals surface area contributed by atoms with Gasteiger partial charge in [0.15, 0.2) is 0 Å². The van der Waals surface area contributed by atoms with E-state index in [0.717, 1.165) is 30.2 Å². The molecule has 1 aliphatic rings. The number of rotatable bonds is 4. The molecule has 1 saturated carbocycles. The first-order valence-corrected chi connectivity index (χ1v) is 6.53. The Hall–Kier alpha value is -1.28. The summed E-state index contributed by atoms with van der Waals surface area (Å²) in [7, 11) is 1.98. The molecule has 0 aliphatic heterocycles. The molecule has 1 aliphatic carbocycles. The molecule has 90 valence electrons. The van der Waals surface area contributed by atoms with Crippen molar-refractivity contribution in [3.05, 3.63) is 35.1 Å². The molecule has 0 radical (unpaired) electrons. The average Bonchev–Trinajstić information content (AvgIpc) is 3.11. The summed E-state index contributed by atoms with van der Waals surface area (Å²) < 4.78 is 6.10. The fourth-order valence-electron chi connectivity index (χ4n) is 2.64. The first-order chi connectivity index (χ1) is 8.35. The van der Waals surface area contributed by atoms with Crippen LogP contribution in [0.5, 0.6) is 0 Å². The standard InChI is InChI=1S/C15H19NO/c1-3-10-5-4-6-12-14(11-7-8-11)13(9-16-2)17-15(10)12/h4-6,11,16H,3,7-9H2,1-2H3. The largest absolute Gasteiger partial charge is 0.459 e. The maximum absolute atomic E-state index is 6.10. The molecule has 1 aromatic carbocycles. The minimum Gasteiger partial charge on any atom is -0.459 e. The third-order valence-electron chi connectivity index (χ3n) is 3.62. The van der Waals surface area contributed by atoms with Gasteiger partial charge in [-0.25, -0.2) is 0 Å². The summed E-state index contributed by atoms with van der Waals surface area (Å²) >= 11 is 0. The Labute approximate surface area is 102 Å². The van der Waals surface area contributed by atoms with Crippen LogP contribution in [0.15, 0.2) is 22.6 Å². The summed E-state index contributed by atoms with van der Waals surface area (Å²) in [4.78, 5) is 0. The second-order valence-electron chi connectivity index (χ2n) is 4.89. The first kappa shape index (κ1) is 10.8. The molecule has 2 nitrogen and oxygen atoms in total. The summed E-state index contributed by atoms with van der Waals surface area (Å²) in [6.07, 6.45) is 3.68. The number of fused-ring (bicyclic) bond motifs is 1. The molecule has 0 atom stereocenters. The Balaban J connectivity index is 2.22. The van der Waals surface area contributed by atoms with Crippen molar-refractivity contribution in [3.63, 3.8) is 0 Å². The topological polar surface area (TPSA) is 25.2 Å². The molecule has 0 bridgehead atoms. The second kappa shape index (κ2) is 4.19. The molecule has 3 rings (SSSR count). The summed E-state index contributed by atoms with van der Waals surface area (Å²) in [6.45, 7) is 3.02. The van der Waals surface area contributed by atoms with E-state index in [-0.39, 0.29) is 0 Å². The lowest BCUT2D eigenvalue weighted by Gasteiger charge is -1.99. The SMILES string of the molecule is CCc1cccc2c(C3CC3)c(CNC)oc12. The van der Waals surface area contributed by atoms with Crippen molar-refractivity contribution in [1.82, 2.24) is 5.32 Å². The average molecular weight is 229 g/mol. The number of furan rings is 1. The van der Waals surface area contributed by atoms with Gasteiger partial charge in [0.2, 0.25) is 0 Å². The number of benzene rings is 1. The third-order valence-corrected chi connectivity index (χ3v) is 3.62. The minimum absolute atomic E-state index is 0.742. The number of para-hydroxylation sites is 1. The van der Waals surface area contributed by atoms with E-state index in [1.54, 1.807) is 0 Å². The van der Waals surface area contributed by atoms with Crippen LogP contribution in [0, 0.1) is 0 Å². The fraction of sp³-hybridized carbons (Fsp3) is 0.467. The zero-order chi connectivity index (χ0) is 11.8. The number of hydrogen-bond acceptors (Lipinski definition) is 2. The quantitative estimate of drug-likeness (QED) is 0.866. The van der Waals surface area contributed by atoms with E-state index < -0.39 is 0 Å². The van der Waals surface area contributed by atoms with E-state index in [2.05, 4.69) is 30.4 Å². The van der Waals surface area contributed by atoms with Crippen LogP contribution in [0.1, 0.15) is 42.6 Å². The smallest absolute Gasteiger partial charge is 0.137 e. The lowest BCUT2D eigenvalue weighted by atomic mass is 10.0. The molecule has 1 heterocycles. The highest BCUT2D eigenvalue weighted by Gasteiger charge is 2.30. The van der Waals surface area contributed by atoms with Gasteiger partial charge < -0.3 is 9.73 Å². The fourth-order valence-corrected chi connectivity index (χ4v) is 2.64. The van der Waals surface area contributed by atoms with Crippen molar-refractivity contribution < 1.29 is 4.42 Å². The van der Waals surface area contributed by atoms with Gasteiger partial charge in [-0.15, -0.1) is 0 Å². The first-order valence-electron chi connectivity index (χ1n) is 6.53. The lowest BCUT2D eigenvalue weighted by Crippen LogP contribution is -2.05. The summed E-state index contributed by atoms with van der Waals surface area (Å²) in [6, 6.07) is 6.54. The van der Waals surface area contributed by atoms with E-state index in [9.17, 15) is 0 Å². The highest BCUT2D eigenvalue weighted by Crippen LogP contribution is 2.46. The van der Waals surface area contributed by atoms with Crippen molar-refractivity contribution in [2.24, 2.45) is 0 Å². The highest BCUT2D eigenvalue weighted by molar-refractivity contribution is 5.86. The minimum atomic E-state index is 0.742. The van der Waals surface area contributed by atoms with E-state index in [0.29, 0.717) is 0 Å². The van der Waals surface area contributed by atoms with Gasteiger partial charge in [-0.05, 0) is 37.8 Å². The van der Waals surface area contributed by atoms with Crippen LogP contribution in [-0.4, -0.2) is 7.05 Å². The van der Waals surface area contributed by atoms with Crippen molar-refractivity contribution >= 4 is 11.0 Å². The molecular weight excluding hydrogens is 210 g/mol. The summed E-state index contributed by atoms with van der Waals surface area (Å²) in [5.41, 5.74) is 3.90. The normalized spacial score (nSPS) is 15.6. The van der Waals surface area contributed by atoms with Crippen molar-refractivity contribution in [3.8, 4) is 0 Å². The second-order valence-corrected chi connectivity index (χ2v) is 4.89. The molecule has 0 amide bonds. The molecule has 0 unspecified atom stereocenters. The Morgan fingerprint density at radius 3 is 2.82 bits per heavy atom. The summed E-state index contributed by atoms with van der Waals surface area (Å²) in [5, 5.41) is 4.56. The van der Waals surface area contributed by atoms with Gasteiger partial charge in [-0.3, -0.25) is 0 Å². The number of nitrogens with one attached hydrogen (secondary N) is 1. The monoisotopic (exact) mass is 229 g/mol. The van der Waals surface area contributed by atoms with Gasteiger partial charge in [0.25, 0.3) is 0 Å². The van der Waals surface area contributed by atoms with E-state index in [1.807, 2.05) is 7.05 Å². The molecule has 2 heteroatoms. The number of hydrogen-bond donors (Lipinski definition) is 1. The van der Waals surface area contributed by atoms with Gasteiger partial charge in [0.1, 0.15) is 11.3 Å². The molecule has 1 fully saturated rings. The third kappa shape index (κ3) is 1.77. The molecule has 17 heavy (non-hydrogen) atoms. The van der Waals surface area contributed by atoms with Crippen LogP contribution in [0.2, 0.25) is 0 Å². The number of aryl methyl sites for hydroxylation is 1. The molecule has 0 spiro atoms. The highest BCUT2D eigenvalue weighted by atomic mass is 16.3. The van der Waals surface area contributed by atoms with Gasteiger partial charge in [-0.1, -0.05) is 25.1 Å². The van der Waals surface area contributed by atoms with Gasteiger partial charge in [0, 0.05) is 10.9 Å². The van der Waals surface area contributed by atoms with Crippen LogP contribution in [-0.2, 0) is 13.0 Å². The Morgan fingerprint density at radius 1 is 1.35 bits per heavy atom. The maximum Gasteiger partial charge on any atom is 0.137 e. The zero-order valence-electron chi connectivity index (χ0n) is 10.5. The Kier molecular flexibility index (Phi) is 2.67. The van der Waals surface area contributed by atoms with Gasteiger partial charge in [0.05, 0.1) is 6.54 Å². The van der Waals surface area contributed by atoms with Gasteiger partial charge in [-0.2, -0.15) is 0 Å². The molecule has 1 aromatic heterocycles. The van der Waals surface area contributed by atoms with Crippen LogP contribution < -0.4 is 5.32 Å². The van der Waals surface area contributed by atoms with E-state index >= 15 is 0 Å². The summed E-state index contributed by atoms with van der Waals surface area (Å²) in [5.74, 6) is 1.89. The van der Waals surface area contributed by atoms with Crippen LogP contribution in [0.4, 0.5) is 0 Å². The molecule has 0 saturated heterocycles. The Morgan fingerprint density at radius 2 is 2.18 bits per heavy atom. The molecule has 2 aromatic rings. The predicted molar refractivity (Wildman–Crippen MR) is 70.3 cm³/mol. The Bertz CT molecular complexity index is 537. The molecular formula is C15H19NO. The van der Waals surface area contributed by atoms with Crippen LogP contribution in [0.3, 0.4) is 0 Å².